The van der Waals surface area contributed by atoms with Crippen LogP contribution in [0.3, 0.4) is 0 Å². The van der Waals surface area contributed by atoms with Crippen LogP contribution in [-0.4, -0.2) is 43.5 Å². The summed E-state index contributed by atoms with van der Waals surface area (Å²) in [4.78, 5) is 30.7. The van der Waals surface area contributed by atoms with Gasteiger partial charge in [0.25, 0.3) is 11.8 Å². The van der Waals surface area contributed by atoms with Gasteiger partial charge in [-0.2, -0.15) is 0 Å². The van der Waals surface area contributed by atoms with Crippen LogP contribution in [0.25, 0.3) is 0 Å². The van der Waals surface area contributed by atoms with Crippen LogP contribution in [-0.2, 0) is 6.54 Å². The quantitative estimate of drug-likeness (QED) is 0.414. The number of para-hydroxylation sites is 1. The molecule has 1 aliphatic heterocycles. The number of amides is 2. The Hall–Kier alpha value is -3.74. The average molecular weight is 476 g/mol. The molecule has 1 saturated heterocycles. The predicted molar refractivity (Wildman–Crippen MR) is 137 cm³/mol. The zero-order valence-corrected chi connectivity index (χ0v) is 20.5. The third kappa shape index (κ3) is 5.85. The molecule has 35 heavy (non-hydrogen) atoms. The first-order valence-electron chi connectivity index (χ1n) is 12.3. The van der Waals surface area contributed by atoms with Crippen molar-refractivity contribution in [3.8, 4) is 5.75 Å². The molecule has 0 spiro atoms. The van der Waals surface area contributed by atoms with E-state index in [2.05, 4.69) is 17.1 Å². The van der Waals surface area contributed by atoms with E-state index in [4.69, 9.17) is 9.15 Å². The van der Waals surface area contributed by atoms with Gasteiger partial charge >= 0.3 is 0 Å². The zero-order chi connectivity index (χ0) is 24.6. The molecule has 7 nitrogen and oxygen atoms in total. The van der Waals surface area contributed by atoms with Gasteiger partial charge in [0.2, 0.25) is 0 Å². The van der Waals surface area contributed by atoms with Gasteiger partial charge < -0.3 is 24.3 Å². The number of anilines is 2. The van der Waals surface area contributed by atoms with E-state index < -0.39 is 0 Å². The minimum Gasteiger partial charge on any atom is -0.496 e. The summed E-state index contributed by atoms with van der Waals surface area (Å²) in [6.07, 6.45) is 5.72. The second kappa shape index (κ2) is 11.6. The highest BCUT2D eigenvalue weighted by molar-refractivity contribution is 6.07. The molecule has 0 bridgehead atoms. The number of carbonyl (C=O) groups excluding carboxylic acids is 2. The molecule has 1 N–H and O–H groups in total. The molecule has 4 rings (SSSR count). The molecule has 184 valence electrons. The number of furan rings is 1. The molecule has 2 amide bonds. The average Bonchev–Trinajstić information content (AvgIpc) is 3.61. The molecule has 0 radical (unpaired) electrons. The second-order valence-corrected chi connectivity index (χ2v) is 8.74. The number of nitrogens with zero attached hydrogens (tertiary/aromatic N) is 2. The van der Waals surface area contributed by atoms with Crippen molar-refractivity contribution in [2.75, 3.05) is 37.0 Å². The Balaban J connectivity index is 1.67. The lowest BCUT2D eigenvalue weighted by Crippen LogP contribution is -2.31. The molecular weight excluding hydrogens is 442 g/mol. The Bertz CT molecular complexity index is 1140. The van der Waals surface area contributed by atoms with E-state index in [9.17, 15) is 9.59 Å². The lowest BCUT2D eigenvalue weighted by atomic mass is 10.1. The maximum absolute atomic E-state index is 13.6. The van der Waals surface area contributed by atoms with Crippen LogP contribution in [0.4, 0.5) is 11.4 Å². The summed E-state index contributed by atoms with van der Waals surface area (Å²) in [5, 5.41) is 2.95. The predicted octanol–water partition coefficient (Wildman–Crippen LogP) is 5.58. The number of hydrogen-bond donors (Lipinski definition) is 1. The van der Waals surface area contributed by atoms with Crippen molar-refractivity contribution in [2.45, 2.75) is 39.2 Å². The van der Waals surface area contributed by atoms with Crippen LogP contribution in [0.5, 0.6) is 5.75 Å². The summed E-state index contributed by atoms with van der Waals surface area (Å²) < 4.78 is 10.9. The number of likely N-dealkylation sites (tertiary alicyclic amines) is 1. The van der Waals surface area contributed by atoms with Gasteiger partial charge in [0, 0.05) is 25.3 Å². The zero-order valence-electron chi connectivity index (χ0n) is 20.5. The monoisotopic (exact) mass is 475 g/mol. The largest absolute Gasteiger partial charge is 0.496 e. The van der Waals surface area contributed by atoms with Gasteiger partial charge in [-0.25, -0.2) is 0 Å². The second-order valence-electron chi connectivity index (χ2n) is 8.74. The molecule has 2 aromatic carbocycles. The van der Waals surface area contributed by atoms with Gasteiger partial charge in [-0.05, 0) is 61.7 Å². The summed E-state index contributed by atoms with van der Waals surface area (Å²) in [7, 11) is 1.54. The highest BCUT2D eigenvalue weighted by Gasteiger charge is 2.25. The maximum atomic E-state index is 13.6. The Morgan fingerprint density at radius 1 is 1.06 bits per heavy atom. The minimum absolute atomic E-state index is 0.00756. The van der Waals surface area contributed by atoms with E-state index >= 15 is 0 Å². The Morgan fingerprint density at radius 3 is 2.57 bits per heavy atom. The lowest BCUT2D eigenvalue weighted by molar-refractivity contribution is 0.0793. The molecule has 7 heteroatoms. The highest BCUT2D eigenvalue weighted by atomic mass is 16.5. The Morgan fingerprint density at radius 2 is 1.86 bits per heavy atom. The lowest BCUT2D eigenvalue weighted by Gasteiger charge is -2.28. The van der Waals surface area contributed by atoms with Gasteiger partial charge in [-0.3, -0.25) is 9.59 Å². The summed E-state index contributed by atoms with van der Waals surface area (Å²) in [5.41, 5.74) is 2.45. The molecule has 1 fully saturated rings. The topological polar surface area (TPSA) is 75.0 Å². The van der Waals surface area contributed by atoms with E-state index in [0.29, 0.717) is 29.1 Å². The van der Waals surface area contributed by atoms with E-state index in [1.807, 2.05) is 35.2 Å². The van der Waals surface area contributed by atoms with Crippen molar-refractivity contribution in [3.63, 3.8) is 0 Å². The van der Waals surface area contributed by atoms with Crippen LogP contribution in [0.1, 0.15) is 59.1 Å². The van der Waals surface area contributed by atoms with Crippen LogP contribution in [0.2, 0.25) is 0 Å². The molecule has 0 saturated carbocycles. The van der Waals surface area contributed by atoms with Gasteiger partial charge in [0.1, 0.15) is 11.5 Å². The van der Waals surface area contributed by atoms with E-state index in [1.165, 1.54) is 7.11 Å². The van der Waals surface area contributed by atoms with Crippen molar-refractivity contribution in [1.82, 2.24) is 4.90 Å². The molecule has 1 aromatic heterocycles. The summed E-state index contributed by atoms with van der Waals surface area (Å²) in [5.74, 6) is 1.05. The van der Waals surface area contributed by atoms with E-state index in [0.717, 1.165) is 56.8 Å². The molecular formula is C28H33N3O4. The van der Waals surface area contributed by atoms with Gasteiger partial charge in [0.15, 0.2) is 0 Å². The number of carbonyl (C=O) groups is 2. The summed E-state index contributed by atoms with van der Waals surface area (Å²) in [6, 6.07) is 16.5. The fourth-order valence-electron chi connectivity index (χ4n) is 4.41. The first-order chi connectivity index (χ1) is 17.1. The first-order valence-corrected chi connectivity index (χ1v) is 12.3. The molecule has 2 heterocycles. The minimum atomic E-state index is -0.284. The number of rotatable bonds is 10. The van der Waals surface area contributed by atoms with Gasteiger partial charge in [-0.15, -0.1) is 0 Å². The standard InChI is InChI=1S/C28H33N3O4/c1-3-4-15-31(20-22-10-9-18-35-22)25-14-13-21(19-24(25)28(33)30-16-7-8-17-30)29-27(32)23-11-5-6-12-26(23)34-2/h5-6,9-14,18-19H,3-4,7-8,15-17,20H2,1-2H3,(H,29,32). The van der Waals surface area contributed by atoms with Crippen LogP contribution >= 0.6 is 0 Å². The molecule has 0 unspecified atom stereocenters. The molecule has 3 aromatic rings. The van der Waals surface area contributed by atoms with Crippen LogP contribution in [0, 0.1) is 0 Å². The first kappa shape index (κ1) is 24.4. The van der Waals surface area contributed by atoms with Crippen LogP contribution < -0.4 is 15.0 Å². The normalized spacial score (nSPS) is 13.0. The van der Waals surface area contributed by atoms with Crippen molar-refractivity contribution in [1.29, 1.82) is 0 Å². The third-order valence-electron chi connectivity index (χ3n) is 6.28. The number of methoxy groups -OCH3 is 1. The number of unbranched alkanes of at least 4 members (excludes halogenated alkanes) is 1. The number of benzene rings is 2. The SMILES string of the molecule is CCCCN(Cc1ccco1)c1ccc(NC(=O)c2ccccc2OC)cc1C(=O)N1CCCC1. The fourth-order valence-corrected chi connectivity index (χ4v) is 4.41. The Labute approximate surface area is 206 Å². The molecule has 0 atom stereocenters. The van der Waals surface area contributed by atoms with Gasteiger partial charge in [-0.1, -0.05) is 25.5 Å². The number of hydrogen-bond acceptors (Lipinski definition) is 5. The van der Waals surface area contributed by atoms with Crippen molar-refractivity contribution >= 4 is 23.2 Å². The summed E-state index contributed by atoms with van der Waals surface area (Å²) in [6.45, 7) is 5.02. The van der Waals surface area contributed by atoms with Crippen LogP contribution in [0.15, 0.2) is 65.3 Å². The van der Waals surface area contributed by atoms with E-state index in [1.54, 1.807) is 30.5 Å². The molecule has 1 aliphatic rings. The number of nitrogens with one attached hydrogen (secondary N) is 1. The van der Waals surface area contributed by atoms with Gasteiger partial charge in [0.05, 0.1) is 36.7 Å². The smallest absolute Gasteiger partial charge is 0.259 e. The Kier molecular flexibility index (Phi) is 8.08. The maximum Gasteiger partial charge on any atom is 0.259 e. The fraction of sp³-hybridized carbons (Fsp3) is 0.357. The van der Waals surface area contributed by atoms with Crippen molar-refractivity contribution in [3.05, 3.63) is 77.7 Å². The third-order valence-corrected chi connectivity index (χ3v) is 6.28. The van der Waals surface area contributed by atoms with Crippen molar-refractivity contribution < 1.29 is 18.7 Å². The number of ether oxygens (including phenoxy) is 1. The summed E-state index contributed by atoms with van der Waals surface area (Å²) >= 11 is 0. The highest BCUT2D eigenvalue weighted by Crippen LogP contribution is 2.30. The van der Waals surface area contributed by atoms with E-state index in [-0.39, 0.29) is 11.8 Å². The molecule has 0 aliphatic carbocycles. The van der Waals surface area contributed by atoms with Crippen molar-refractivity contribution in [2.24, 2.45) is 0 Å².